The highest BCUT2D eigenvalue weighted by Crippen LogP contribution is 2.34. The number of phenolic OH excluding ortho intramolecular Hbond substituents is 1. The molecule has 0 unspecified atom stereocenters. The normalized spacial score (nSPS) is 10.7. The van der Waals surface area contributed by atoms with E-state index in [1.165, 1.54) is 15.4 Å². The summed E-state index contributed by atoms with van der Waals surface area (Å²) in [6.45, 7) is 2.09. The molecule has 0 heterocycles. The van der Waals surface area contributed by atoms with E-state index in [0.29, 0.717) is 5.75 Å². The van der Waals surface area contributed by atoms with Crippen molar-refractivity contribution < 1.29 is 5.11 Å². The predicted molar refractivity (Wildman–Crippen MR) is 105 cm³/mol. The standard InChI is InChI=1S/C21H20OS2/c1-16-12-17(14-23-19-8-4-2-5-9-19)21(22)18(13-16)15-24-20-10-6-3-7-11-20/h2-13,22H,14-15H2,1H3. The molecule has 0 atom stereocenters. The molecular weight excluding hydrogens is 332 g/mol. The van der Waals surface area contributed by atoms with Gasteiger partial charge in [-0.3, -0.25) is 0 Å². The quantitative estimate of drug-likeness (QED) is 0.527. The smallest absolute Gasteiger partial charge is 0.123 e. The van der Waals surface area contributed by atoms with E-state index in [-0.39, 0.29) is 0 Å². The summed E-state index contributed by atoms with van der Waals surface area (Å²) in [6.07, 6.45) is 0. The third kappa shape index (κ3) is 4.59. The first-order valence-electron chi connectivity index (χ1n) is 7.89. The first-order chi connectivity index (χ1) is 11.7. The van der Waals surface area contributed by atoms with Crippen LogP contribution in [0.5, 0.6) is 5.75 Å². The zero-order chi connectivity index (χ0) is 16.8. The third-order valence-corrected chi connectivity index (χ3v) is 5.81. The number of aromatic hydroxyl groups is 1. The Kier molecular flexibility index (Phi) is 5.89. The molecule has 0 aliphatic heterocycles. The fourth-order valence-corrected chi connectivity index (χ4v) is 4.29. The zero-order valence-corrected chi connectivity index (χ0v) is 15.2. The lowest BCUT2D eigenvalue weighted by Crippen LogP contribution is -1.91. The van der Waals surface area contributed by atoms with E-state index in [1.54, 1.807) is 23.5 Å². The summed E-state index contributed by atoms with van der Waals surface area (Å²) in [7, 11) is 0. The summed E-state index contributed by atoms with van der Waals surface area (Å²) in [5, 5.41) is 10.6. The second kappa shape index (κ2) is 8.32. The maximum absolute atomic E-state index is 10.6. The van der Waals surface area contributed by atoms with E-state index < -0.39 is 0 Å². The van der Waals surface area contributed by atoms with E-state index >= 15 is 0 Å². The minimum atomic E-state index is 0.437. The van der Waals surface area contributed by atoms with Gasteiger partial charge in [0.2, 0.25) is 0 Å². The van der Waals surface area contributed by atoms with Gasteiger partial charge in [0.15, 0.2) is 0 Å². The molecule has 0 aliphatic carbocycles. The van der Waals surface area contributed by atoms with Gasteiger partial charge < -0.3 is 5.11 Å². The topological polar surface area (TPSA) is 20.2 Å². The van der Waals surface area contributed by atoms with E-state index in [0.717, 1.165) is 22.6 Å². The maximum atomic E-state index is 10.6. The zero-order valence-electron chi connectivity index (χ0n) is 13.6. The first kappa shape index (κ1) is 17.0. The molecule has 0 saturated heterocycles. The molecule has 24 heavy (non-hydrogen) atoms. The Bertz CT molecular complexity index is 721. The molecule has 3 aromatic carbocycles. The Balaban J connectivity index is 1.72. The van der Waals surface area contributed by atoms with Crippen molar-refractivity contribution in [2.45, 2.75) is 28.2 Å². The molecule has 1 nitrogen and oxygen atoms in total. The lowest BCUT2D eigenvalue weighted by Gasteiger charge is -2.12. The molecule has 0 radical (unpaired) electrons. The Morgan fingerprint density at radius 3 is 1.54 bits per heavy atom. The summed E-state index contributed by atoms with van der Waals surface area (Å²) >= 11 is 3.51. The Labute approximate surface area is 152 Å². The van der Waals surface area contributed by atoms with Gasteiger partial charge >= 0.3 is 0 Å². The molecule has 0 amide bonds. The molecule has 0 spiro atoms. The van der Waals surface area contributed by atoms with Gasteiger partial charge in [0.05, 0.1) is 0 Å². The molecule has 3 aromatic rings. The van der Waals surface area contributed by atoms with E-state index in [4.69, 9.17) is 0 Å². The number of hydrogen-bond acceptors (Lipinski definition) is 3. The number of benzene rings is 3. The average Bonchev–Trinajstić information content (AvgIpc) is 2.62. The highest BCUT2D eigenvalue weighted by Gasteiger charge is 2.10. The number of aryl methyl sites for hydroxylation is 1. The minimum Gasteiger partial charge on any atom is -0.507 e. The van der Waals surface area contributed by atoms with Crippen molar-refractivity contribution in [2.75, 3.05) is 0 Å². The lowest BCUT2D eigenvalue weighted by atomic mass is 10.1. The summed E-state index contributed by atoms with van der Waals surface area (Å²) in [5.41, 5.74) is 3.21. The fourth-order valence-electron chi connectivity index (χ4n) is 2.51. The van der Waals surface area contributed by atoms with Crippen LogP contribution in [0.4, 0.5) is 0 Å². The van der Waals surface area contributed by atoms with E-state index in [1.807, 2.05) is 36.4 Å². The van der Waals surface area contributed by atoms with Gasteiger partial charge in [-0.25, -0.2) is 0 Å². The van der Waals surface area contributed by atoms with Crippen LogP contribution in [0.1, 0.15) is 16.7 Å². The number of phenols is 1. The SMILES string of the molecule is Cc1cc(CSc2ccccc2)c(O)c(CSc2ccccc2)c1. The molecule has 3 rings (SSSR count). The predicted octanol–water partition coefficient (Wildman–Crippen LogP) is 6.29. The van der Waals surface area contributed by atoms with Crippen LogP contribution < -0.4 is 0 Å². The Morgan fingerprint density at radius 2 is 1.12 bits per heavy atom. The molecule has 3 heteroatoms. The van der Waals surface area contributed by atoms with Gasteiger partial charge in [-0.1, -0.05) is 54.1 Å². The van der Waals surface area contributed by atoms with Crippen molar-refractivity contribution >= 4 is 23.5 Å². The minimum absolute atomic E-state index is 0.437. The molecule has 122 valence electrons. The molecule has 0 saturated carbocycles. The highest BCUT2D eigenvalue weighted by molar-refractivity contribution is 7.98. The first-order valence-corrected chi connectivity index (χ1v) is 9.86. The van der Waals surface area contributed by atoms with Gasteiger partial charge in [0.25, 0.3) is 0 Å². The van der Waals surface area contributed by atoms with Crippen molar-refractivity contribution in [2.24, 2.45) is 0 Å². The van der Waals surface area contributed by atoms with Crippen molar-refractivity contribution in [3.8, 4) is 5.75 Å². The van der Waals surface area contributed by atoms with Crippen molar-refractivity contribution in [3.63, 3.8) is 0 Å². The van der Waals surface area contributed by atoms with Crippen LogP contribution in [0.25, 0.3) is 0 Å². The van der Waals surface area contributed by atoms with E-state index in [2.05, 4.69) is 43.3 Å². The monoisotopic (exact) mass is 352 g/mol. The van der Waals surface area contributed by atoms with Crippen molar-refractivity contribution in [1.29, 1.82) is 0 Å². The van der Waals surface area contributed by atoms with Crippen LogP contribution in [0, 0.1) is 6.92 Å². The van der Waals surface area contributed by atoms with Crippen molar-refractivity contribution in [1.82, 2.24) is 0 Å². The van der Waals surface area contributed by atoms with Crippen LogP contribution in [0.3, 0.4) is 0 Å². The largest absolute Gasteiger partial charge is 0.507 e. The molecule has 0 bridgehead atoms. The second-order valence-corrected chi connectivity index (χ2v) is 7.73. The molecule has 1 N–H and O–H groups in total. The Hall–Kier alpha value is -1.84. The Morgan fingerprint density at radius 1 is 0.708 bits per heavy atom. The van der Waals surface area contributed by atoms with Crippen LogP contribution in [-0.4, -0.2) is 5.11 Å². The van der Waals surface area contributed by atoms with Gasteiger partial charge in [0.1, 0.15) is 5.75 Å². The van der Waals surface area contributed by atoms with Crippen LogP contribution in [-0.2, 0) is 11.5 Å². The molecule has 0 aromatic heterocycles. The number of hydrogen-bond donors (Lipinski definition) is 1. The summed E-state index contributed by atoms with van der Waals surface area (Å²) in [6, 6.07) is 24.8. The summed E-state index contributed by atoms with van der Waals surface area (Å²) < 4.78 is 0. The van der Waals surface area contributed by atoms with Gasteiger partial charge in [0, 0.05) is 32.4 Å². The summed E-state index contributed by atoms with van der Waals surface area (Å²) in [4.78, 5) is 2.44. The molecule has 0 aliphatic rings. The average molecular weight is 353 g/mol. The van der Waals surface area contributed by atoms with Gasteiger partial charge in [-0.05, 0) is 31.2 Å². The summed E-state index contributed by atoms with van der Waals surface area (Å²) in [5.74, 6) is 1.99. The number of rotatable bonds is 6. The van der Waals surface area contributed by atoms with Crippen LogP contribution in [0.2, 0.25) is 0 Å². The van der Waals surface area contributed by atoms with Crippen molar-refractivity contribution in [3.05, 3.63) is 89.5 Å². The fraction of sp³-hybridized carbons (Fsp3) is 0.143. The number of thioether (sulfide) groups is 2. The van der Waals surface area contributed by atoms with Crippen LogP contribution >= 0.6 is 23.5 Å². The van der Waals surface area contributed by atoms with Gasteiger partial charge in [-0.2, -0.15) is 0 Å². The molecule has 0 fully saturated rings. The molecular formula is C21H20OS2. The third-order valence-electron chi connectivity index (χ3n) is 3.69. The van der Waals surface area contributed by atoms with E-state index in [9.17, 15) is 5.11 Å². The maximum Gasteiger partial charge on any atom is 0.123 e. The van der Waals surface area contributed by atoms with Crippen LogP contribution in [0.15, 0.2) is 82.6 Å². The highest BCUT2D eigenvalue weighted by atomic mass is 32.2. The second-order valence-electron chi connectivity index (χ2n) is 5.64. The lowest BCUT2D eigenvalue weighted by molar-refractivity contribution is 0.465. The van der Waals surface area contributed by atoms with Gasteiger partial charge in [-0.15, -0.1) is 23.5 Å².